The van der Waals surface area contributed by atoms with Crippen LogP contribution in [-0.2, 0) is 0 Å². The number of anilines is 1. The molecule has 0 saturated heterocycles. The highest BCUT2D eigenvalue weighted by Gasteiger charge is 2.16. The van der Waals surface area contributed by atoms with Crippen molar-refractivity contribution < 1.29 is 5.11 Å². The van der Waals surface area contributed by atoms with Crippen LogP contribution in [0.5, 0.6) is 0 Å². The van der Waals surface area contributed by atoms with Crippen molar-refractivity contribution in [2.75, 3.05) is 5.73 Å². The Morgan fingerprint density at radius 1 is 1.54 bits per heavy atom. The fraction of sp³-hybridized carbons (Fsp3) is 0.667. The first-order chi connectivity index (χ1) is 5.84. The third-order valence-corrected chi connectivity index (χ3v) is 2.47. The fourth-order valence-corrected chi connectivity index (χ4v) is 0.591. The molecular weight excluding hydrogens is 184 g/mol. The molecule has 76 valence electrons. The minimum absolute atomic E-state index is 0.354. The van der Waals surface area contributed by atoms with Gasteiger partial charge in [0, 0.05) is 0 Å². The van der Waals surface area contributed by atoms with Crippen LogP contribution in [0.3, 0.4) is 0 Å². The fourth-order valence-electron chi connectivity index (χ4n) is 0.226. The number of hydrogen-bond donors (Lipinski definition) is 2. The van der Waals surface area contributed by atoms with Crippen LogP contribution in [0, 0.1) is 5.92 Å². The second-order valence-corrected chi connectivity index (χ2v) is 4.63. The maximum Gasteiger partial charge on any atom is 0.106 e. The standard InChI is InChI=1S/C6H14O.C3H4N2S/c1-5(2)6(3,4)7;4-3-1-5-2-6-3/h5,7H,1-4H3;1-2H,4H2. The summed E-state index contributed by atoms with van der Waals surface area (Å²) in [4.78, 5) is 3.72. The predicted octanol–water partition coefficient (Wildman–Crippen LogP) is 2.14. The van der Waals surface area contributed by atoms with Crippen LogP contribution in [0.25, 0.3) is 0 Å². The summed E-state index contributed by atoms with van der Waals surface area (Å²) in [7, 11) is 0. The van der Waals surface area contributed by atoms with E-state index in [1.54, 1.807) is 11.7 Å². The second-order valence-electron chi connectivity index (χ2n) is 3.71. The van der Waals surface area contributed by atoms with Gasteiger partial charge in [0.2, 0.25) is 0 Å². The van der Waals surface area contributed by atoms with E-state index < -0.39 is 5.60 Å². The summed E-state index contributed by atoms with van der Waals surface area (Å²) in [6.45, 7) is 7.63. The summed E-state index contributed by atoms with van der Waals surface area (Å²) in [6.07, 6.45) is 1.63. The zero-order chi connectivity index (χ0) is 10.5. The first-order valence-corrected chi connectivity index (χ1v) is 5.08. The first-order valence-electron chi connectivity index (χ1n) is 4.20. The third-order valence-electron chi connectivity index (χ3n) is 1.86. The van der Waals surface area contributed by atoms with Gasteiger partial charge in [0.15, 0.2) is 0 Å². The molecule has 1 aromatic rings. The van der Waals surface area contributed by atoms with E-state index in [4.69, 9.17) is 10.8 Å². The number of aliphatic hydroxyl groups is 1. The maximum atomic E-state index is 9.09. The molecule has 1 aromatic heterocycles. The van der Waals surface area contributed by atoms with E-state index in [-0.39, 0.29) is 0 Å². The highest BCUT2D eigenvalue weighted by molar-refractivity contribution is 7.13. The normalized spacial score (nSPS) is 10.9. The van der Waals surface area contributed by atoms with Crippen LogP contribution in [0.2, 0.25) is 0 Å². The molecule has 0 bridgehead atoms. The van der Waals surface area contributed by atoms with Crippen molar-refractivity contribution in [3.63, 3.8) is 0 Å². The molecule has 3 N–H and O–H groups in total. The Hall–Kier alpha value is -0.610. The molecule has 0 aliphatic carbocycles. The topological polar surface area (TPSA) is 59.1 Å². The molecule has 13 heavy (non-hydrogen) atoms. The zero-order valence-corrected chi connectivity index (χ0v) is 9.43. The summed E-state index contributed by atoms with van der Waals surface area (Å²) in [6, 6.07) is 0. The van der Waals surface area contributed by atoms with Gasteiger partial charge in [-0.1, -0.05) is 13.8 Å². The molecule has 0 atom stereocenters. The number of rotatable bonds is 1. The number of aromatic nitrogens is 1. The lowest BCUT2D eigenvalue weighted by Crippen LogP contribution is -2.25. The highest BCUT2D eigenvalue weighted by atomic mass is 32.1. The van der Waals surface area contributed by atoms with Crippen molar-refractivity contribution >= 4 is 16.3 Å². The van der Waals surface area contributed by atoms with Gasteiger partial charge in [0.1, 0.15) is 5.00 Å². The molecule has 3 nitrogen and oxygen atoms in total. The molecule has 0 fully saturated rings. The van der Waals surface area contributed by atoms with Gasteiger partial charge in [0.25, 0.3) is 0 Å². The number of nitrogens with zero attached hydrogens (tertiary/aromatic N) is 1. The molecule has 0 saturated carbocycles. The zero-order valence-electron chi connectivity index (χ0n) is 8.61. The summed E-state index contributed by atoms with van der Waals surface area (Å²) in [5.41, 5.74) is 6.44. The van der Waals surface area contributed by atoms with Gasteiger partial charge >= 0.3 is 0 Å². The monoisotopic (exact) mass is 202 g/mol. The van der Waals surface area contributed by atoms with Crippen LogP contribution >= 0.6 is 11.3 Å². The van der Waals surface area contributed by atoms with Gasteiger partial charge in [-0.15, -0.1) is 11.3 Å². The molecule has 0 radical (unpaired) electrons. The van der Waals surface area contributed by atoms with Crippen molar-refractivity contribution in [1.29, 1.82) is 0 Å². The van der Waals surface area contributed by atoms with Crippen LogP contribution in [-0.4, -0.2) is 15.7 Å². The molecule has 1 rings (SSSR count). The Kier molecular flexibility index (Phi) is 4.95. The van der Waals surface area contributed by atoms with Gasteiger partial charge in [-0.25, -0.2) is 0 Å². The Bertz CT molecular complexity index is 214. The first kappa shape index (κ1) is 12.4. The van der Waals surface area contributed by atoms with Crippen molar-refractivity contribution in [3.05, 3.63) is 11.7 Å². The van der Waals surface area contributed by atoms with E-state index in [1.807, 2.05) is 27.7 Å². The van der Waals surface area contributed by atoms with Gasteiger partial charge in [-0.3, -0.25) is 4.98 Å². The average molecular weight is 202 g/mol. The van der Waals surface area contributed by atoms with E-state index in [2.05, 4.69) is 4.98 Å². The van der Waals surface area contributed by atoms with Crippen LogP contribution in [0.1, 0.15) is 27.7 Å². The summed E-state index contributed by atoms with van der Waals surface area (Å²) in [5.74, 6) is 0.354. The number of nitrogens with two attached hydrogens (primary N) is 1. The smallest absolute Gasteiger partial charge is 0.106 e. The lowest BCUT2D eigenvalue weighted by molar-refractivity contribution is 0.0327. The van der Waals surface area contributed by atoms with Crippen molar-refractivity contribution in [2.24, 2.45) is 5.92 Å². The molecule has 0 spiro atoms. The van der Waals surface area contributed by atoms with E-state index in [0.29, 0.717) is 5.92 Å². The predicted molar refractivity (Wildman–Crippen MR) is 57.7 cm³/mol. The second kappa shape index (κ2) is 5.19. The lowest BCUT2D eigenvalue weighted by atomic mass is 9.95. The minimum Gasteiger partial charge on any atom is -0.390 e. The van der Waals surface area contributed by atoms with Crippen molar-refractivity contribution in [3.8, 4) is 0 Å². The number of hydrogen-bond acceptors (Lipinski definition) is 4. The Labute approximate surface area is 83.6 Å². The average Bonchev–Trinajstić information content (AvgIpc) is 2.38. The SMILES string of the molecule is CC(C)C(C)(C)O.Nc1cncs1. The Morgan fingerprint density at radius 3 is 2.08 bits per heavy atom. The summed E-state index contributed by atoms with van der Waals surface area (Å²) < 4.78 is 0. The van der Waals surface area contributed by atoms with E-state index >= 15 is 0 Å². The molecule has 0 amide bonds. The lowest BCUT2D eigenvalue weighted by Gasteiger charge is -2.21. The minimum atomic E-state index is -0.500. The number of nitrogen functional groups attached to an aromatic ring is 1. The molecule has 0 aliphatic heterocycles. The van der Waals surface area contributed by atoms with Crippen LogP contribution in [0.4, 0.5) is 5.00 Å². The molecule has 1 heterocycles. The number of thiazole rings is 1. The molecule has 0 aromatic carbocycles. The van der Waals surface area contributed by atoms with Gasteiger partial charge in [-0.05, 0) is 19.8 Å². The van der Waals surface area contributed by atoms with Crippen molar-refractivity contribution in [1.82, 2.24) is 4.98 Å². The molecule has 0 aliphatic rings. The van der Waals surface area contributed by atoms with Crippen LogP contribution in [0.15, 0.2) is 11.7 Å². The van der Waals surface area contributed by atoms with E-state index in [1.165, 1.54) is 11.3 Å². The van der Waals surface area contributed by atoms with Crippen LogP contribution < -0.4 is 5.73 Å². The third kappa shape index (κ3) is 6.54. The maximum absolute atomic E-state index is 9.09. The molecular formula is C9H18N2OS. The Morgan fingerprint density at radius 2 is 2.00 bits per heavy atom. The van der Waals surface area contributed by atoms with Gasteiger partial charge < -0.3 is 10.8 Å². The largest absolute Gasteiger partial charge is 0.390 e. The molecule has 0 unspecified atom stereocenters. The summed E-state index contributed by atoms with van der Waals surface area (Å²) in [5, 5.41) is 9.87. The van der Waals surface area contributed by atoms with Crippen molar-refractivity contribution in [2.45, 2.75) is 33.3 Å². The quantitative estimate of drug-likeness (QED) is 0.733. The van der Waals surface area contributed by atoms with Gasteiger partial charge in [0.05, 0.1) is 17.3 Å². The molecule has 4 heteroatoms. The highest BCUT2D eigenvalue weighted by Crippen LogP contribution is 2.13. The summed E-state index contributed by atoms with van der Waals surface area (Å²) >= 11 is 1.44. The Balaban J connectivity index is 0.000000223. The van der Waals surface area contributed by atoms with Gasteiger partial charge in [-0.2, -0.15) is 0 Å². The van der Waals surface area contributed by atoms with E-state index in [9.17, 15) is 0 Å². The van der Waals surface area contributed by atoms with E-state index in [0.717, 1.165) is 5.00 Å².